The molecule has 0 aliphatic heterocycles. The van der Waals surface area contributed by atoms with Crippen LogP contribution in [0.1, 0.15) is 54.7 Å². The van der Waals surface area contributed by atoms with Gasteiger partial charge in [0.05, 0.1) is 53.9 Å². The van der Waals surface area contributed by atoms with Gasteiger partial charge in [0.2, 0.25) is 0 Å². The zero-order chi connectivity index (χ0) is 39.2. The maximum absolute atomic E-state index is 13.5. The Kier molecular flexibility index (Phi) is 15.3. The third kappa shape index (κ3) is 11.7. The van der Waals surface area contributed by atoms with Crippen LogP contribution in [0.15, 0.2) is 109 Å². The van der Waals surface area contributed by atoms with E-state index >= 15 is 0 Å². The highest BCUT2D eigenvalue weighted by Crippen LogP contribution is 2.30. The lowest BCUT2D eigenvalue weighted by Gasteiger charge is -2.15. The fraction of sp³-hybridized carbons (Fsp3) is 0.311. The molecule has 0 bridgehead atoms. The summed E-state index contributed by atoms with van der Waals surface area (Å²) < 4.78 is 33.5. The number of hydrogen-bond donors (Lipinski definition) is 0. The van der Waals surface area contributed by atoms with Crippen molar-refractivity contribution < 1.29 is 42.8 Å². The average Bonchev–Trinajstić information content (AvgIpc) is 3.18. The Balaban J connectivity index is 1.36. The van der Waals surface area contributed by atoms with Gasteiger partial charge >= 0.3 is 11.9 Å². The molecular formula is C45H50O9. The topological polar surface area (TPSA) is 107 Å². The van der Waals surface area contributed by atoms with E-state index in [1.807, 2.05) is 98.8 Å². The summed E-state index contributed by atoms with van der Waals surface area (Å²) in [4.78, 5) is 36.8. The Bertz CT molecular complexity index is 1790. The van der Waals surface area contributed by atoms with E-state index in [-0.39, 0.29) is 30.8 Å². The highest BCUT2D eigenvalue weighted by Gasteiger charge is 2.15. The van der Waals surface area contributed by atoms with Crippen molar-refractivity contribution >= 4 is 17.7 Å². The summed E-state index contributed by atoms with van der Waals surface area (Å²) in [6, 6.07) is 26.8. The van der Waals surface area contributed by atoms with E-state index in [2.05, 4.69) is 13.2 Å². The maximum atomic E-state index is 13.5. The molecule has 284 valence electrons. The maximum Gasteiger partial charge on any atom is 0.333 e. The number of methoxy groups -OCH3 is 2. The molecule has 54 heavy (non-hydrogen) atoms. The zero-order valence-corrected chi connectivity index (χ0v) is 32.1. The van der Waals surface area contributed by atoms with E-state index in [4.69, 9.17) is 28.4 Å². The summed E-state index contributed by atoms with van der Waals surface area (Å²) in [6.45, 7) is 16.3. The van der Waals surface area contributed by atoms with Gasteiger partial charge in [-0.05, 0) is 60.4 Å². The van der Waals surface area contributed by atoms with Gasteiger partial charge in [0.25, 0.3) is 0 Å². The minimum atomic E-state index is -0.408. The SMILES string of the molecule is C=C(C)C(=O)OCC(C)COCc1cc(-c2ccc(C(=O)c3ccc(-c4ccc(OC)c(COCC(C)COC(=O)C(=C)C)c4)cc3)cc2)ccc1OC. The molecule has 0 radical (unpaired) electrons. The number of carbonyl (C=O) groups is 3. The number of esters is 2. The summed E-state index contributed by atoms with van der Waals surface area (Å²) in [5.74, 6) is 0.547. The van der Waals surface area contributed by atoms with Crippen molar-refractivity contribution in [2.24, 2.45) is 11.8 Å². The first-order chi connectivity index (χ1) is 25.9. The molecule has 0 saturated heterocycles. The Hall–Kier alpha value is -5.51. The molecule has 0 aromatic heterocycles. The summed E-state index contributed by atoms with van der Waals surface area (Å²) in [5, 5.41) is 0. The second-order valence-corrected chi connectivity index (χ2v) is 13.5. The van der Waals surface area contributed by atoms with E-state index in [1.54, 1.807) is 28.1 Å². The van der Waals surface area contributed by atoms with Gasteiger partial charge in [-0.25, -0.2) is 9.59 Å². The third-order valence-electron chi connectivity index (χ3n) is 8.54. The summed E-state index contributed by atoms with van der Waals surface area (Å²) >= 11 is 0. The molecule has 0 amide bonds. The Morgan fingerprint density at radius 2 is 0.889 bits per heavy atom. The molecule has 0 N–H and O–H groups in total. The Labute approximate surface area is 318 Å². The highest BCUT2D eigenvalue weighted by molar-refractivity contribution is 6.09. The van der Waals surface area contributed by atoms with Gasteiger partial charge in [0.1, 0.15) is 11.5 Å². The van der Waals surface area contributed by atoms with E-state index in [0.717, 1.165) is 33.4 Å². The molecule has 2 unspecified atom stereocenters. The van der Waals surface area contributed by atoms with Crippen molar-refractivity contribution in [1.82, 2.24) is 0 Å². The first kappa shape index (κ1) is 41.2. The van der Waals surface area contributed by atoms with Crippen LogP contribution in [0.4, 0.5) is 0 Å². The molecule has 0 heterocycles. The molecule has 4 aromatic carbocycles. The smallest absolute Gasteiger partial charge is 0.333 e. The first-order valence-corrected chi connectivity index (χ1v) is 17.8. The van der Waals surface area contributed by atoms with Crippen LogP contribution in [0.3, 0.4) is 0 Å². The minimum Gasteiger partial charge on any atom is -0.496 e. The van der Waals surface area contributed by atoms with Gasteiger partial charge in [-0.15, -0.1) is 0 Å². The van der Waals surface area contributed by atoms with E-state index in [1.165, 1.54) is 0 Å². The Morgan fingerprint density at radius 3 is 1.22 bits per heavy atom. The number of carbonyl (C=O) groups excluding carboxylic acids is 3. The van der Waals surface area contributed by atoms with E-state index < -0.39 is 11.9 Å². The van der Waals surface area contributed by atoms with Crippen molar-refractivity contribution in [3.05, 3.63) is 131 Å². The van der Waals surface area contributed by atoms with Crippen LogP contribution in [0, 0.1) is 11.8 Å². The molecule has 0 spiro atoms. The molecule has 4 rings (SSSR count). The van der Waals surface area contributed by atoms with Gasteiger partial charge in [-0.3, -0.25) is 4.79 Å². The zero-order valence-electron chi connectivity index (χ0n) is 32.1. The predicted octanol–water partition coefficient (Wildman–Crippen LogP) is 8.81. The number of rotatable bonds is 20. The normalized spacial score (nSPS) is 12.0. The molecule has 9 nitrogen and oxygen atoms in total. The monoisotopic (exact) mass is 734 g/mol. The molecular weight excluding hydrogens is 684 g/mol. The molecule has 9 heteroatoms. The lowest BCUT2D eigenvalue weighted by Crippen LogP contribution is -2.16. The lowest BCUT2D eigenvalue weighted by molar-refractivity contribution is -0.141. The predicted molar refractivity (Wildman–Crippen MR) is 209 cm³/mol. The largest absolute Gasteiger partial charge is 0.496 e. The summed E-state index contributed by atoms with van der Waals surface area (Å²) in [7, 11) is 3.24. The standard InChI is InChI=1S/C45H50O9/c1-29(2)44(47)53-25-31(5)23-51-27-39-21-37(17-19-41(39)49-7)33-9-13-35(14-10-33)43(46)36-15-11-34(12-16-36)38-18-20-42(50-8)40(22-38)28-52-24-32(6)26-54-45(48)30(3)4/h9-22,31-32H,1,3,23-28H2,2,4-8H3. The molecule has 0 saturated carbocycles. The van der Waals surface area contributed by atoms with Gasteiger partial charge in [0, 0.05) is 45.2 Å². The van der Waals surface area contributed by atoms with Gasteiger partial charge in [0.15, 0.2) is 5.78 Å². The molecule has 0 aliphatic rings. The Morgan fingerprint density at radius 1 is 0.537 bits per heavy atom. The number of hydrogen-bond acceptors (Lipinski definition) is 9. The van der Waals surface area contributed by atoms with Crippen LogP contribution < -0.4 is 9.47 Å². The van der Waals surface area contributed by atoms with Crippen molar-refractivity contribution in [3.8, 4) is 33.8 Å². The van der Waals surface area contributed by atoms with Crippen molar-refractivity contribution in [2.75, 3.05) is 40.6 Å². The van der Waals surface area contributed by atoms with Crippen LogP contribution in [-0.4, -0.2) is 58.4 Å². The first-order valence-electron chi connectivity index (χ1n) is 17.8. The van der Waals surface area contributed by atoms with Crippen LogP contribution >= 0.6 is 0 Å². The minimum absolute atomic E-state index is 0.0122. The number of ketones is 1. The van der Waals surface area contributed by atoms with Crippen LogP contribution in [0.2, 0.25) is 0 Å². The molecule has 0 aliphatic carbocycles. The van der Waals surface area contributed by atoms with Crippen molar-refractivity contribution in [3.63, 3.8) is 0 Å². The average molecular weight is 735 g/mol. The van der Waals surface area contributed by atoms with Crippen LogP contribution in [0.5, 0.6) is 11.5 Å². The van der Waals surface area contributed by atoms with Crippen molar-refractivity contribution in [1.29, 1.82) is 0 Å². The number of ether oxygens (including phenoxy) is 6. The molecule has 4 aromatic rings. The van der Waals surface area contributed by atoms with Gasteiger partial charge < -0.3 is 28.4 Å². The molecule has 2 atom stereocenters. The lowest BCUT2D eigenvalue weighted by atomic mass is 9.96. The second kappa shape index (κ2) is 20.1. The highest BCUT2D eigenvalue weighted by atomic mass is 16.5. The fourth-order valence-corrected chi connectivity index (χ4v) is 5.46. The fourth-order valence-electron chi connectivity index (χ4n) is 5.46. The van der Waals surface area contributed by atoms with E-state index in [9.17, 15) is 14.4 Å². The quantitative estimate of drug-likeness (QED) is 0.0500. The van der Waals surface area contributed by atoms with E-state index in [0.29, 0.717) is 60.2 Å². The van der Waals surface area contributed by atoms with Crippen molar-refractivity contribution in [2.45, 2.75) is 40.9 Å². The second-order valence-electron chi connectivity index (χ2n) is 13.5. The van der Waals surface area contributed by atoms with Gasteiger partial charge in [-0.1, -0.05) is 87.7 Å². The summed E-state index contributed by atoms with van der Waals surface area (Å²) in [6.07, 6.45) is 0. The van der Waals surface area contributed by atoms with Gasteiger partial charge in [-0.2, -0.15) is 0 Å². The third-order valence-corrected chi connectivity index (χ3v) is 8.54. The number of benzene rings is 4. The molecule has 0 fully saturated rings. The van der Waals surface area contributed by atoms with Crippen LogP contribution in [0.25, 0.3) is 22.3 Å². The van der Waals surface area contributed by atoms with Crippen LogP contribution in [-0.2, 0) is 41.8 Å². The summed E-state index contributed by atoms with van der Waals surface area (Å²) in [5.41, 5.74) is 7.48.